The van der Waals surface area contributed by atoms with E-state index < -0.39 is 5.41 Å². The van der Waals surface area contributed by atoms with Crippen LogP contribution in [0.15, 0.2) is 47.2 Å². The highest BCUT2D eigenvalue weighted by molar-refractivity contribution is 9.10. The van der Waals surface area contributed by atoms with Crippen molar-refractivity contribution in [3.8, 4) is 0 Å². The predicted molar refractivity (Wildman–Crippen MR) is 82.7 cm³/mol. The quantitative estimate of drug-likeness (QED) is 0.883. The molecule has 0 fully saturated rings. The van der Waals surface area contributed by atoms with Gasteiger partial charge in [-0.2, -0.15) is 0 Å². The molecular weight excluding hydrogens is 318 g/mol. The summed E-state index contributed by atoms with van der Waals surface area (Å²) in [5, 5.41) is 19.7. The van der Waals surface area contributed by atoms with Gasteiger partial charge in [-0.15, -0.1) is 0 Å². The second-order valence-electron chi connectivity index (χ2n) is 5.15. The monoisotopic (exact) mass is 335 g/mol. The molecule has 2 aromatic rings. The summed E-state index contributed by atoms with van der Waals surface area (Å²) in [4.78, 5) is 4.14. The lowest BCUT2D eigenvalue weighted by Gasteiger charge is -2.31. The molecule has 0 aliphatic carbocycles. The van der Waals surface area contributed by atoms with E-state index >= 15 is 0 Å². The van der Waals surface area contributed by atoms with E-state index in [1.165, 1.54) is 0 Å². The summed E-state index contributed by atoms with van der Waals surface area (Å²) in [5.41, 5.74) is 2.35. The molecule has 0 radical (unpaired) electrons. The molecule has 0 atom stereocenters. The molecule has 0 unspecified atom stereocenters. The Morgan fingerprint density at radius 3 is 2.50 bits per heavy atom. The summed E-state index contributed by atoms with van der Waals surface area (Å²) in [5.74, 6) is 0. The van der Waals surface area contributed by atoms with Gasteiger partial charge in [0.05, 0.1) is 13.2 Å². The number of rotatable bonds is 5. The minimum Gasteiger partial charge on any atom is -0.395 e. The van der Waals surface area contributed by atoms with Crippen molar-refractivity contribution in [3.63, 3.8) is 0 Å². The first-order valence-electron chi connectivity index (χ1n) is 6.48. The zero-order chi connectivity index (χ0) is 14.6. The van der Waals surface area contributed by atoms with Crippen LogP contribution in [0, 0.1) is 6.92 Å². The van der Waals surface area contributed by atoms with Crippen LogP contribution in [-0.4, -0.2) is 28.4 Å². The molecule has 2 N–H and O–H groups in total. The molecule has 0 aliphatic heterocycles. The van der Waals surface area contributed by atoms with Gasteiger partial charge < -0.3 is 10.2 Å². The molecule has 1 heterocycles. The molecule has 0 saturated heterocycles. The van der Waals surface area contributed by atoms with Crippen molar-refractivity contribution in [2.45, 2.75) is 18.8 Å². The summed E-state index contributed by atoms with van der Waals surface area (Å²) >= 11 is 3.39. The molecule has 0 amide bonds. The van der Waals surface area contributed by atoms with Crippen molar-refractivity contribution in [3.05, 3.63) is 63.9 Å². The maximum atomic E-state index is 9.86. The van der Waals surface area contributed by atoms with Crippen LogP contribution in [0.4, 0.5) is 0 Å². The SMILES string of the molecule is Cc1cccc(C(CO)(CO)Cc2cncc(Br)c2)c1. The van der Waals surface area contributed by atoms with Gasteiger partial charge in [0.25, 0.3) is 0 Å². The number of aliphatic hydroxyl groups excluding tert-OH is 2. The average molecular weight is 336 g/mol. The Balaban J connectivity index is 2.39. The Kier molecular flexibility index (Phi) is 4.91. The summed E-state index contributed by atoms with van der Waals surface area (Å²) < 4.78 is 0.893. The van der Waals surface area contributed by atoms with Gasteiger partial charge in [-0.05, 0) is 46.5 Å². The number of pyridine rings is 1. The van der Waals surface area contributed by atoms with Crippen molar-refractivity contribution in [1.82, 2.24) is 4.98 Å². The van der Waals surface area contributed by atoms with Crippen molar-refractivity contribution in [2.24, 2.45) is 0 Å². The van der Waals surface area contributed by atoms with Gasteiger partial charge in [0.2, 0.25) is 0 Å². The summed E-state index contributed by atoms with van der Waals surface area (Å²) in [6.07, 6.45) is 4.02. The van der Waals surface area contributed by atoms with E-state index in [0.717, 1.165) is 21.2 Å². The van der Waals surface area contributed by atoms with Crippen LogP contribution in [0.25, 0.3) is 0 Å². The van der Waals surface area contributed by atoms with E-state index in [4.69, 9.17) is 0 Å². The Morgan fingerprint density at radius 2 is 1.90 bits per heavy atom. The van der Waals surface area contributed by atoms with Gasteiger partial charge in [-0.1, -0.05) is 29.8 Å². The van der Waals surface area contributed by atoms with E-state index in [1.807, 2.05) is 37.3 Å². The van der Waals surface area contributed by atoms with E-state index in [0.29, 0.717) is 6.42 Å². The molecule has 1 aromatic heterocycles. The molecule has 0 aliphatic rings. The van der Waals surface area contributed by atoms with Crippen LogP contribution in [0.5, 0.6) is 0 Å². The maximum absolute atomic E-state index is 9.86. The minimum absolute atomic E-state index is 0.112. The zero-order valence-electron chi connectivity index (χ0n) is 11.4. The molecular formula is C16H18BrNO2. The van der Waals surface area contributed by atoms with Crippen LogP contribution in [-0.2, 0) is 11.8 Å². The first-order chi connectivity index (χ1) is 9.59. The van der Waals surface area contributed by atoms with Crippen molar-refractivity contribution in [1.29, 1.82) is 0 Å². The topological polar surface area (TPSA) is 53.4 Å². The minimum atomic E-state index is -0.686. The van der Waals surface area contributed by atoms with Crippen molar-refractivity contribution in [2.75, 3.05) is 13.2 Å². The lowest BCUT2D eigenvalue weighted by molar-refractivity contribution is 0.116. The van der Waals surface area contributed by atoms with Crippen LogP contribution in [0.3, 0.4) is 0 Å². The molecule has 2 rings (SSSR count). The third-order valence-electron chi connectivity index (χ3n) is 3.54. The third-order valence-corrected chi connectivity index (χ3v) is 3.97. The third kappa shape index (κ3) is 3.26. The first kappa shape index (κ1) is 15.2. The smallest absolute Gasteiger partial charge is 0.0553 e. The Labute approximate surface area is 127 Å². The zero-order valence-corrected chi connectivity index (χ0v) is 13.0. The maximum Gasteiger partial charge on any atom is 0.0553 e. The second kappa shape index (κ2) is 6.48. The summed E-state index contributed by atoms with van der Waals surface area (Å²) in [7, 11) is 0. The number of benzene rings is 1. The molecule has 106 valence electrons. The van der Waals surface area contributed by atoms with Gasteiger partial charge in [-0.25, -0.2) is 0 Å². The summed E-state index contributed by atoms with van der Waals surface area (Å²) in [6.45, 7) is 1.78. The lowest BCUT2D eigenvalue weighted by atomic mass is 9.76. The molecule has 20 heavy (non-hydrogen) atoms. The predicted octanol–water partition coefficient (Wildman–Crippen LogP) is 2.62. The highest BCUT2D eigenvalue weighted by Crippen LogP contribution is 2.29. The number of aromatic nitrogens is 1. The average Bonchev–Trinajstić information content (AvgIpc) is 2.45. The van der Waals surface area contributed by atoms with E-state index in [2.05, 4.69) is 20.9 Å². The highest BCUT2D eigenvalue weighted by Gasteiger charge is 2.31. The number of aliphatic hydroxyl groups is 2. The van der Waals surface area contributed by atoms with Gasteiger partial charge in [-0.3, -0.25) is 4.98 Å². The van der Waals surface area contributed by atoms with Crippen LogP contribution < -0.4 is 0 Å². The number of hydrogen-bond acceptors (Lipinski definition) is 3. The standard InChI is InChI=1S/C16H18BrNO2/c1-12-3-2-4-14(5-12)16(10-19,11-20)7-13-6-15(17)9-18-8-13/h2-6,8-9,19-20H,7,10-11H2,1H3. The second-order valence-corrected chi connectivity index (χ2v) is 6.07. The molecule has 4 heteroatoms. The number of halogens is 1. The fraction of sp³-hybridized carbons (Fsp3) is 0.312. The van der Waals surface area contributed by atoms with E-state index in [9.17, 15) is 10.2 Å². The van der Waals surface area contributed by atoms with Gasteiger partial charge in [0, 0.05) is 22.3 Å². The molecule has 3 nitrogen and oxygen atoms in total. The summed E-state index contributed by atoms with van der Waals surface area (Å²) in [6, 6.07) is 9.87. The fourth-order valence-corrected chi connectivity index (χ4v) is 2.78. The van der Waals surface area contributed by atoms with Crippen LogP contribution >= 0.6 is 15.9 Å². The number of aryl methyl sites for hydroxylation is 1. The van der Waals surface area contributed by atoms with Crippen LogP contribution in [0.2, 0.25) is 0 Å². The fourth-order valence-electron chi connectivity index (χ4n) is 2.36. The Bertz CT molecular complexity index is 582. The van der Waals surface area contributed by atoms with Crippen molar-refractivity contribution < 1.29 is 10.2 Å². The van der Waals surface area contributed by atoms with Gasteiger partial charge in [0.15, 0.2) is 0 Å². The van der Waals surface area contributed by atoms with Gasteiger partial charge >= 0.3 is 0 Å². The highest BCUT2D eigenvalue weighted by atomic mass is 79.9. The lowest BCUT2D eigenvalue weighted by Crippen LogP contribution is -2.37. The number of nitrogens with zero attached hydrogens (tertiary/aromatic N) is 1. The van der Waals surface area contributed by atoms with Crippen LogP contribution in [0.1, 0.15) is 16.7 Å². The first-order valence-corrected chi connectivity index (χ1v) is 7.27. The van der Waals surface area contributed by atoms with Crippen molar-refractivity contribution >= 4 is 15.9 Å². The normalized spacial score (nSPS) is 11.6. The number of hydrogen-bond donors (Lipinski definition) is 2. The Morgan fingerprint density at radius 1 is 1.15 bits per heavy atom. The molecule has 0 spiro atoms. The molecule has 0 bridgehead atoms. The van der Waals surface area contributed by atoms with E-state index in [1.54, 1.807) is 12.4 Å². The molecule has 1 aromatic carbocycles. The Hall–Kier alpha value is -1.23. The largest absolute Gasteiger partial charge is 0.395 e. The van der Waals surface area contributed by atoms with E-state index in [-0.39, 0.29) is 13.2 Å². The van der Waals surface area contributed by atoms with Gasteiger partial charge in [0.1, 0.15) is 0 Å². The molecule has 0 saturated carbocycles.